The molecule has 12 heteroatoms. The highest BCUT2D eigenvalue weighted by molar-refractivity contribution is 5.84. The number of urea groups is 1. The molecule has 2 amide bonds. The van der Waals surface area contributed by atoms with Crippen molar-refractivity contribution in [2.45, 2.75) is 19.4 Å². The van der Waals surface area contributed by atoms with Crippen molar-refractivity contribution in [2.24, 2.45) is 0 Å². The molecule has 214 valence electrons. The lowest BCUT2D eigenvalue weighted by Gasteiger charge is -2.37. The minimum atomic E-state index is -0.783. The summed E-state index contributed by atoms with van der Waals surface area (Å²) in [7, 11) is 3.19. The van der Waals surface area contributed by atoms with Gasteiger partial charge in [-0.3, -0.25) is 0 Å². The third-order valence-electron chi connectivity index (χ3n) is 6.99. The first kappa shape index (κ1) is 27.7. The average Bonchev–Trinajstić information content (AvgIpc) is 3.49. The number of hydrogen-bond donors (Lipinski definition) is 1. The third kappa shape index (κ3) is 6.01. The number of carbonyl (C=O) groups excluding carboxylic acids is 2. The van der Waals surface area contributed by atoms with Gasteiger partial charge in [-0.2, -0.15) is 14.6 Å². The van der Waals surface area contributed by atoms with Crippen LogP contribution in [0.3, 0.4) is 0 Å². The number of methoxy groups -OCH3 is 2. The van der Waals surface area contributed by atoms with Gasteiger partial charge in [0, 0.05) is 44.4 Å². The molecule has 2 aromatic carbocycles. The van der Waals surface area contributed by atoms with Gasteiger partial charge < -0.3 is 29.3 Å². The fourth-order valence-electron chi connectivity index (χ4n) is 4.93. The van der Waals surface area contributed by atoms with Crippen LogP contribution in [0.1, 0.15) is 12.5 Å². The summed E-state index contributed by atoms with van der Waals surface area (Å²) in [6.07, 6.45) is 3.59. The van der Waals surface area contributed by atoms with Gasteiger partial charge >= 0.3 is 12.0 Å². The number of anilines is 1. The molecule has 1 atom stereocenters. The van der Waals surface area contributed by atoms with Crippen LogP contribution in [-0.4, -0.2) is 89.5 Å². The van der Waals surface area contributed by atoms with Crippen LogP contribution in [-0.2, 0) is 16.0 Å². The van der Waals surface area contributed by atoms with Gasteiger partial charge in [-0.05, 0) is 30.2 Å². The quantitative estimate of drug-likeness (QED) is 0.308. The molecule has 1 fully saturated rings. The van der Waals surface area contributed by atoms with E-state index in [1.165, 1.54) is 6.33 Å². The number of nitrogens with zero attached hydrogens (tertiary/aromatic N) is 6. The second kappa shape index (κ2) is 12.5. The fraction of sp³-hybridized carbons (Fsp3) is 0.345. The topological polar surface area (TPSA) is 123 Å². The van der Waals surface area contributed by atoms with Crippen LogP contribution in [0.4, 0.5) is 10.6 Å². The van der Waals surface area contributed by atoms with Gasteiger partial charge in [0.25, 0.3) is 5.78 Å². The fourth-order valence-corrected chi connectivity index (χ4v) is 4.93. The normalized spacial score (nSPS) is 14.0. The van der Waals surface area contributed by atoms with Crippen molar-refractivity contribution < 1.29 is 23.8 Å². The standard InChI is InChI=1S/C29H33N7O5/c1-4-41-27(37)23(16-20-8-6-5-7-9-20)33-29(38)35-14-12-34(13-15-35)26-22(18-30-28-31-19-32-36(26)28)21-10-11-24(39-2)25(17-21)40-3/h5-11,17-19,23H,4,12-16H2,1-3H3,(H,33,38)/t23-/m1/s1. The molecule has 41 heavy (non-hydrogen) atoms. The molecule has 4 aromatic rings. The number of nitrogens with one attached hydrogen (secondary N) is 1. The number of rotatable bonds is 9. The summed E-state index contributed by atoms with van der Waals surface area (Å²) in [4.78, 5) is 38.5. The zero-order chi connectivity index (χ0) is 28.8. The Morgan fingerprint density at radius 2 is 1.73 bits per heavy atom. The molecule has 1 aliphatic rings. The molecule has 0 radical (unpaired) electrons. The van der Waals surface area contributed by atoms with Gasteiger partial charge in [-0.1, -0.05) is 36.4 Å². The van der Waals surface area contributed by atoms with E-state index in [4.69, 9.17) is 14.2 Å². The Hall–Kier alpha value is -4.87. The lowest BCUT2D eigenvalue weighted by atomic mass is 10.1. The molecule has 1 N–H and O–H groups in total. The number of ether oxygens (including phenoxy) is 3. The maximum absolute atomic E-state index is 13.3. The van der Waals surface area contributed by atoms with Crippen molar-refractivity contribution in [2.75, 3.05) is 51.9 Å². The Morgan fingerprint density at radius 1 is 0.976 bits per heavy atom. The zero-order valence-corrected chi connectivity index (χ0v) is 23.3. The van der Waals surface area contributed by atoms with E-state index in [2.05, 4.69) is 25.3 Å². The summed E-state index contributed by atoms with van der Waals surface area (Å²) < 4.78 is 17.9. The smallest absolute Gasteiger partial charge is 0.329 e. The summed E-state index contributed by atoms with van der Waals surface area (Å²) in [5.41, 5.74) is 2.65. The molecule has 5 rings (SSSR count). The van der Waals surface area contributed by atoms with Crippen molar-refractivity contribution in [3.05, 3.63) is 66.6 Å². The Bertz CT molecular complexity index is 1500. The van der Waals surface area contributed by atoms with Crippen molar-refractivity contribution >= 4 is 23.6 Å². The highest BCUT2D eigenvalue weighted by atomic mass is 16.5. The SMILES string of the molecule is CCOC(=O)[C@@H](Cc1ccccc1)NC(=O)N1CCN(c2c(-c3ccc(OC)c(OC)c3)cnc3ncnn23)CC1. The monoisotopic (exact) mass is 559 g/mol. The van der Waals surface area contributed by atoms with Gasteiger partial charge in [0.05, 0.1) is 20.8 Å². The summed E-state index contributed by atoms with van der Waals surface area (Å²) in [5.74, 6) is 2.06. The van der Waals surface area contributed by atoms with Crippen LogP contribution in [0.5, 0.6) is 11.5 Å². The number of amides is 2. The largest absolute Gasteiger partial charge is 0.493 e. The first-order valence-electron chi connectivity index (χ1n) is 13.4. The number of fused-ring (bicyclic) bond motifs is 1. The highest BCUT2D eigenvalue weighted by Crippen LogP contribution is 2.36. The zero-order valence-electron chi connectivity index (χ0n) is 23.3. The minimum absolute atomic E-state index is 0.240. The van der Waals surface area contributed by atoms with Gasteiger partial charge in [0.1, 0.15) is 18.2 Å². The number of esters is 1. The number of hydrogen-bond acceptors (Lipinski definition) is 9. The van der Waals surface area contributed by atoms with Gasteiger partial charge in [-0.15, -0.1) is 0 Å². The van der Waals surface area contributed by atoms with Gasteiger partial charge in [0.2, 0.25) is 0 Å². The Kier molecular flexibility index (Phi) is 8.47. The van der Waals surface area contributed by atoms with E-state index in [1.54, 1.807) is 36.8 Å². The molecule has 0 unspecified atom stereocenters. The molecule has 0 aliphatic carbocycles. The van der Waals surface area contributed by atoms with E-state index in [0.717, 1.165) is 22.5 Å². The number of carbonyl (C=O) groups is 2. The van der Waals surface area contributed by atoms with Crippen molar-refractivity contribution in [3.63, 3.8) is 0 Å². The van der Waals surface area contributed by atoms with Crippen LogP contribution >= 0.6 is 0 Å². The van der Waals surface area contributed by atoms with Crippen molar-refractivity contribution in [1.29, 1.82) is 0 Å². The maximum Gasteiger partial charge on any atom is 0.329 e. The van der Waals surface area contributed by atoms with E-state index >= 15 is 0 Å². The minimum Gasteiger partial charge on any atom is -0.493 e. The van der Waals surface area contributed by atoms with Gasteiger partial charge in [0.15, 0.2) is 11.5 Å². The van der Waals surface area contributed by atoms with Crippen LogP contribution in [0.25, 0.3) is 16.9 Å². The van der Waals surface area contributed by atoms with E-state index in [9.17, 15) is 9.59 Å². The van der Waals surface area contributed by atoms with Crippen LogP contribution in [0.15, 0.2) is 61.1 Å². The third-order valence-corrected chi connectivity index (χ3v) is 6.99. The van der Waals surface area contributed by atoms with E-state index in [1.807, 2.05) is 48.5 Å². The summed E-state index contributed by atoms with van der Waals surface area (Å²) in [6.45, 7) is 3.95. The molecule has 2 aromatic heterocycles. The molecule has 1 aliphatic heterocycles. The lowest BCUT2D eigenvalue weighted by Crippen LogP contribution is -2.55. The average molecular weight is 560 g/mol. The predicted molar refractivity (Wildman–Crippen MR) is 152 cm³/mol. The van der Waals surface area contributed by atoms with Crippen molar-refractivity contribution in [1.82, 2.24) is 29.8 Å². The maximum atomic E-state index is 13.3. The molecule has 0 saturated carbocycles. The Labute approximate surface area is 237 Å². The molecule has 12 nitrogen and oxygen atoms in total. The second-order valence-electron chi connectivity index (χ2n) is 9.46. The number of aromatic nitrogens is 4. The molecule has 1 saturated heterocycles. The molecular formula is C29H33N7O5. The Balaban J connectivity index is 1.34. The predicted octanol–water partition coefficient (Wildman–Crippen LogP) is 2.81. The van der Waals surface area contributed by atoms with Crippen LogP contribution < -0.4 is 19.7 Å². The second-order valence-corrected chi connectivity index (χ2v) is 9.46. The van der Waals surface area contributed by atoms with E-state index in [0.29, 0.717) is 49.9 Å². The summed E-state index contributed by atoms with van der Waals surface area (Å²) in [5, 5.41) is 7.32. The lowest BCUT2D eigenvalue weighted by molar-refractivity contribution is -0.145. The first-order valence-corrected chi connectivity index (χ1v) is 13.4. The van der Waals surface area contributed by atoms with E-state index < -0.39 is 12.0 Å². The molecule has 3 heterocycles. The summed E-state index contributed by atoms with van der Waals surface area (Å²) >= 11 is 0. The summed E-state index contributed by atoms with van der Waals surface area (Å²) in [6, 6.07) is 14.2. The van der Waals surface area contributed by atoms with Crippen LogP contribution in [0.2, 0.25) is 0 Å². The van der Waals surface area contributed by atoms with E-state index in [-0.39, 0.29) is 12.6 Å². The number of piperazine rings is 1. The molecular weight excluding hydrogens is 526 g/mol. The first-order chi connectivity index (χ1) is 20.0. The Morgan fingerprint density at radius 3 is 2.44 bits per heavy atom. The van der Waals surface area contributed by atoms with Crippen LogP contribution in [0, 0.1) is 0 Å². The van der Waals surface area contributed by atoms with Crippen molar-refractivity contribution in [3.8, 4) is 22.6 Å². The highest BCUT2D eigenvalue weighted by Gasteiger charge is 2.29. The van der Waals surface area contributed by atoms with Gasteiger partial charge in [-0.25, -0.2) is 14.6 Å². The number of benzene rings is 2. The molecule has 0 spiro atoms. The molecule has 0 bridgehead atoms.